The summed E-state index contributed by atoms with van der Waals surface area (Å²) in [5, 5.41) is 5.02. The van der Waals surface area contributed by atoms with Crippen LogP contribution >= 0.6 is 11.3 Å². The van der Waals surface area contributed by atoms with Gasteiger partial charge in [0.25, 0.3) is 0 Å². The molecule has 0 bridgehead atoms. The first-order valence-corrected chi connectivity index (χ1v) is 9.81. The number of piperazine rings is 1. The van der Waals surface area contributed by atoms with Crippen molar-refractivity contribution in [2.24, 2.45) is 0 Å². The average molecular weight is 329 g/mol. The second kappa shape index (κ2) is 5.96. The number of aryl methyl sites for hydroxylation is 1. The molecule has 2 fully saturated rings. The van der Waals surface area contributed by atoms with Gasteiger partial charge in [-0.3, -0.25) is 4.90 Å². The average Bonchev–Trinajstić information content (AvgIpc) is 3.05. The lowest BCUT2D eigenvalue weighted by molar-refractivity contribution is 0.158. The maximum Gasteiger partial charge on any atom is 0.244 e. The van der Waals surface area contributed by atoms with Crippen LogP contribution in [0.4, 0.5) is 0 Å². The van der Waals surface area contributed by atoms with Gasteiger partial charge in [-0.05, 0) is 44.3 Å². The highest BCUT2D eigenvalue weighted by Crippen LogP contribution is 2.32. The van der Waals surface area contributed by atoms with Gasteiger partial charge in [0.1, 0.15) is 4.90 Å². The lowest BCUT2D eigenvalue weighted by Crippen LogP contribution is -2.52. The molecule has 0 spiro atoms. The number of thiophene rings is 1. The minimum absolute atomic E-state index is 0.417. The number of nitrogens with one attached hydrogen (secondary N) is 1. The number of nitrogens with zero attached hydrogens (tertiary/aromatic N) is 2. The van der Waals surface area contributed by atoms with E-state index in [0.29, 0.717) is 30.6 Å². The molecule has 0 aromatic carbocycles. The van der Waals surface area contributed by atoms with E-state index in [2.05, 4.69) is 10.2 Å². The van der Waals surface area contributed by atoms with Crippen LogP contribution in [0, 0.1) is 6.92 Å². The molecule has 118 valence electrons. The molecule has 5 nitrogen and oxygen atoms in total. The Balaban J connectivity index is 1.88. The van der Waals surface area contributed by atoms with Gasteiger partial charge in [-0.1, -0.05) is 0 Å². The van der Waals surface area contributed by atoms with Crippen LogP contribution in [0.3, 0.4) is 0 Å². The zero-order valence-corrected chi connectivity index (χ0v) is 14.3. The molecule has 0 radical (unpaired) electrons. The van der Waals surface area contributed by atoms with Crippen molar-refractivity contribution in [2.75, 3.05) is 33.2 Å². The summed E-state index contributed by atoms with van der Waals surface area (Å²) in [6.45, 7) is 5.77. The second-order valence-electron chi connectivity index (χ2n) is 5.90. The van der Waals surface area contributed by atoms with E-state index in [1.54, 1.807) is 4.31 Å². The van der Waals surface area contributed by atoms with Crippen LogP contribution in [-0.4, -0.2) is 56.9 Å². The molecule has 2 saturated heterocycles. The van der Waals surface area contributed by atoms with Gasteiger partial charge in [0.15, 0.2) is 0 Å². The molecule has 1 N–H and O–H groups in total. The Hall–Kier alpha value is -0.470. The number of hydrogen-bond donors (Lipinski definition) is 1. The Labute approximate surface area is 131 Å². The fraction of sp³-hybridized carbons (Fsp3) is 0.714. The molecule has 7 heteroatoms. The van der Waals surface area contributed by atoms with Gasteiger partial charge >= 0.3 is 0 Å². The van der Waals surface area contributed by atoms with Crippen molar-refractivity contribution in [2.45, 2.75) is 37.2 Å². The molecule has 1 aromatic rings. The third-order valence-corrected chi connectivity index (χ3v) is 7.80. The fourth-order valence-corrected chi connectivity index (χ4v) is 6.67. The smallest absolute Gasteiger partial charge is 0.244 e. The van der Waals surface area contributed by atoms with E-state index in [9.17, 15) is 8.42 Å². The predicted octanol–water partition coefficient (Wildman–Crippen LogP) is 1.24. The molecule has 2 aliphatic heterocycles. The summed E-state index contributed by atoms with van der Waals surface area (Å²) in [5.41, 5.74) is 0.874. The molecule has 21 heavy (non-hydrogen) atoms. The minimum atomic E-state index is -3.36. The van der Waals surface area contributed by atoms with Crippen LogP contribution in [0.15, 0.2) is 10.3 Å². The van der Waals surface area contributed by atoms with Gasteiger partial charge < -0.3 is 5.32 Å². The molecule has 3 rings (SSSR count). The topological polar surface area (TPSA) is 52.7 Å². The highest BCUT2D eigenvalue weighted by atomic mass is 32.2. The zero-order valence-electron chi connectivity index (χ0n) is 12.6. The van der Waals surface area contributed by atoms with Crippen molar-refractivity contribution >= 4 is 21.4 Å². The van der Waals surface area contributed by atoms with Gasteiger partial charge in [0, 0.05) is 37.1 Å². The molecule has 0 saturated carbocycles. The van der Waals surface area contributed by atoms with Crippen LogP contribution in [0.1, 0.15) is 23.3 Å². The first-order chi connectivity index (χ1) is 10.0. The van der Waals surface area contributed by atoms with E-state index in [1.807, 2.05) is 19.4 Å². The third-order valence-electron chi connectivity index (χ3n) is 4.47. The van der Waals surface area contributed by atoms with Crippen molar-refractivity contribution in [1.29, 1.82) is 0 Å². The van der Waals surface area contributed by atoms with Gasteiger partial charge in [-0.15, -0.1) is 11.3 Å². The molecular formula is C14H23N3O2S2. The number of rotatable bonds is 4. The van der Waals surface area contributed by atoms with Gasteiger partial charge in [-0.2, -0.15) is 4.31 Å². The Kier molecular flexibility index (Phi) is 4.38. The van der Waals surface area contributed by atoms with Crippen molar-refractivity contribution in [1.82, 2.24) is 14.5 Å². The first-order valence-electron chi connectivity index (χ1n) is 7.50. The summed E-state index contributed by atoms with van der Waals surface area (Å²) in [6.07, 6.45) is 2.32. The van der Waals surface area contributed by atoms with Gasteiger partial charge in [0.05, 0.1) is 0 Å². The van der Waals surface area contributed by atoms with Gasteiger partial charge in [0.2, 0.25) is 10.0 Å². The minimum Gasteiger partial charge on any atom is -0.315 e. The molecular weight excluding hydrogens is 306 g/mol. The molecule has 1 atom stereocenters. The van der Waals surface area contributed by atoms with Crippen LogP contribution in [-0.2, 0) is 16.6 Å². The van der Waals surface area contributed by atoms with E-state index < -0.39 is 10.0 Å². The molecule has 1 unspecified atom stereocenters. The molecule has 2 aliphatic rings. The van der Waals surface area contributed by atoms with E-state index in [4.69, 9.17) is 0 Å². The second-order valence-corrected chi connectivity index (χ2v) is 8.74. The third kappa shape index (κ3) is 2.77. The van der Waals surface area contributed by atoms with Crippen LogP contribution < -0.4 is 5.32 Å². The molecule has 0 aliphatic carbocycles. The highest BCUT2D eigenvalue weighted by molar-refractivity contribution is 7.89. The largest absolute Gasteiger partial charge is 0.315 e. The quantitative estimate of drug-likeness (QED) is 0.903. The summed E-state index contributed by atoms with van der Waals surface area (Å²) in [7, 11) is -1.51. The normalized spacial score (nSPS) is 24.4. The fourth-order valence-electron chi connectivity index (χ4n) is 3.43. The lowest BCUT2D eigenvalue weighted by Gasteiger charge is -2.36. The summed E-state index contributed by atoms with van der Waals surface area (Å²) >= 11 is 1.53. The maximum atomic E-state index is 13.0. The van der Waals surface area contributed by atoms with Crippen molar-refractivity contribution < 1.29 is 8.42 Å². The molecule has 3 heterocycles. The van der Waals surface area contributed by atoms with Crippen molar-refractivity contribution in [3.63, 3.8) is 0 Å². The van der Waals surface area contributed by atoms with Crippen molar-refractivity contribution in [3.05, 3.63) is 15.8 Å². The van der Waals surface area contributed by atoms with E-state index in [-0.39, 0.29) is 0 Å². The monoisotopic (exact) mass is 329 g/mol. The Bertz CT molecular complexity index is 612. The maximum absolute atomic E-state index is 13.0. The van der Waals surface area contributed by atoms with Gasteiger partial charge in [-0.25, -0.2) is 8.42 Å². The van der Waals surface area contributed by atoms with Crippen molar-refractivity contribution in [3.8, 4) is 0 Å². The number of fused-ring (bicyclic) bond motifs is 1. The zero-order chi connectivity index (χ0) is 15.0. The van der Waals surface area contributed by atoms with Crippen LogP contribution in [0.25, 0.3) is 0 Å². The standard InChI is InChI=1S/C14H23N3O2S2/c1-11-10-20-13(8-15-2)14(11)21(18,19)17-7-6-16-5-3-4-12(16)9-17/h10,12,15H,3-9H2,1-2H3. The Morgan fingerprint density at radius 2 is 2.19 bits per heavy atom. The number of hydrogen-bond acceptors (Lipinski definition) is 5. The van der Waals surface area contributed by atoms with E-state index >= 15 is 0 Å². The lowest BCUT2D eigenvalue weighted by atomic mass is 10.2. The van der Waals surface area contributed by atoms with Crippen LogP contribution in [0.5, 0.6) is 0 Å². The summed E-state index contributed by atoms with van der Waals surface area (Å²) in [6, 6.07) is 0.417. The summed E-state index contributed by atoms with van der Waals surface area (Å²) in [4.78, 5) is 3.89. The Morgan fingerprint density at radius 1 is 1.38 bits per heavy atom. The van der Waals surface area contributed by atoms with Crippen LogP contribution in [0.2, 0.25) is 0 Å². The number of sulfonamides is 1. The highest BCUT2D eigenvalue weighted by Gasteiger charge is 2.37. The summed E-state index contributed by atoms with van der Waals surface area (Å²) < 4.78 is 27.8. The molecule has 0 amide bonds. The Morgan fingerprint density at radius 3 is 2.95 bits per heavy atom. The van der Waals surface area contributed by atoms with E-state index in [0.717, 1.165) is 30.0 Å². The first kappa shape index (κ1) is 15.4. The SMILES string of the molecule is CNCc1scc(C)c1S(=O)(=O)N1CCN2CCCC2C1. The summed E-state index contributed by atoms with van der Waals surface area (Å²) in [5.74, 6) is 0. The molecule has 1 aromatic heterocycles. The van der Waals surface area contributed by atoms with E-state index in [1.165, 1.54) is 17.8 Å². The predicted molar refractivity (Wildman–Crippen MR) is 85.2 cm³/mol.